The molecule has 0 aromatic heterocycles. The minimum atomic E-state index is -4.34. The number of likely N-dealkylation sites (N-methyl/N-ethyl adjacent to an activating group) is 1. The average Bonchev–Trinajstić information content (AvgIpc) is 3.30. The largest absolute Gasteiger partial charge is 0.472 e. The van der Waals surface area contributed by atoms with Gasteiger partial charge in [-0.2, -0.15) is 0 Å². The lowest BCUT2D eigenvalue weighted by Crippen LogP contribution is -2.46. The van der Waals surface area contributed by atoms with Crippen LogP contribution in [0.3, 0.4) is 0 Å². The first kappa shape index (κ1) is 65.7. The number of hydrogen-bond donors (Lipinski definition) is 3. The first-order chi connectivity index (χ1) is 33.0. The Labute approximate surface area is 420 Å². The molecule has 0 aliphatic heterocycles. The Hall–Kier alpha value is -2.32. The highest BCUT2D eigenvalue weighted by Crippen LogP contribution is 2.43. The Morgan fingerprint density at radius 2 is 0.882 bits per heavy atom. The van der Waals surface area contributed by atoms with Crippen molar-refractivity contribution in [3.05, 3.63) is 85.1 Å². The van der Waals surface area contributed by atoms with E-state index < -0.39 is 20.0 Å². The van der Waals surface area contributed by atoms with Crippen molar-refractivity contribution >= 4 is 13.7 Å². The second kappa shape index (κ2) is 49.7. The molecule has 394 valence electrons. The molecule has 0 radical (unpaired) electrons. The predicted molar refractivity (Wildman–Crippen MR) is 295 cm³/mol. The van der Waals surface area contributed by atoms with Crippen LogP contribution in [-0.2, 0) is 18.4 Å². The van der Waals surface area contributed by atoms with E-state index in [4.69, 9.17) is 9.05 Å². The number of amides is 1. The molecule has 0 bridgehead atoms. The van der Waals surface area contributed by atoms with Crippen LogP contribution < -0.4 is 5.32 Å². The molecular formula is C59H108N2O6P+. The molecule has 0 aliphatic rings. The summed E-state index contributed by atoms with van der Waals surface area (Å²) in [7, 11) is 1.58. The maximum absolute atomic E-state index is 13.0. The number of allylic oxidation sites excluding steroid dienone is 14. The normalized spacial score (nSPS) is 14.6. The smallest absolute Gasteiger partial charge is 0.391 e. The zero-order valence-electron chi connectivity index (χ0n) is 44.8. The zero-order valence-corrected chi connectivity index (χ0v) is 45.7. The van der Waals surface area contributed by atoms with E-state index in [1.54, 1.807) is 0 Å². The minimum absolute atomic E-state index is 0.0635. The van der Waals surface area contributed by atoms with E-state index in [1.807, 2.05) is 21.1 Å². The lowest BCUT2D eigenvalue weighted by molar-refractivity contribution is -0.870. The number of phosphoric ester groups is 1. The molecule has 0 fully saturated rings. The van der Waals surface area contributed by atoms with Crippen molar-refractivity contribution in [3.63, 3.8) is 0 Å². The van der Waals surface area contributed by atoms with Crippen LogP contribution in [0.25, 0.3) is 0 Å². The molecule has 68 heavy (non-hydrogen) atoms. The second-order valence-corrected chi connectivity index (χ2v) is 21.4. The van der Waals surface area contributed by atoms with Crippen LogP contribution >= 0.6 is 7.82 Å². The van der Waals surface area contributed by atoms with Crippen molar-refractivity contribution in [3.8, 4) is 0 Å². The topological polar surface area (TPSA) is 105 Å². The molecule has 3 unspecified atom stereocenters. The Morgan fingerprint density at radius 3 is 1.28 bits per heavy atom. The molecule has 0 rings (SSSR count). The van der Waals surface area contributed by atoms with Gasteiger partial charge in [-0.25, -0.2) is 4.57 Å². The SMILES string of the molecule is CC/C=C\C/C=C\C/C=C\C/C=C\C/C=C\C/C=C\C/C=C\CCCCCC(=O)NC(COP(=O)(O)OCC[N+](C)(C)C)C(O)CCCCCCCCCCCCCCCCCCCCCCC. The number of carbonyl (C=O) groups is 1. The molecule has 3 atom stereocenters. The Morgan fingerprint density at radius 1 is 0.515 bits per heavy atom. The summed E-state index contributed by atoms with van der Waals surface area (Å²) in [6, 6.07) is -0.785. The third-order valence-corrected chi connectivity index (χ3v) is 13.1. The van der Waals surface area contributed by atoms with Crippen LogP contribution in [0.1, 0.15) is 232 Å². The number of nitrogens with zero attached hydrogens (tertiary/aromatic N) is 1. The van der Waals surface area contributed by atoms with E-state index in [0.717, 1.165) is 89.9 Å². The molecule has 0 saturated carbocycles. The molecule has 8 nitrogen and oxygen atoms in total. The fourth-order valence-electron chi connectivity index (χ4n) is 7.79. The summed E-state index contributed by atoms with van der Waals surface area (Å²) < 4.78 is 23.8. The molecular weight excluding hydrogens is 864 g/mol. The van der Waals surface area contributed by atoms with E-state index in [-0.39, 0.29) is 19.1 Å². The number of quaternary nitrogens is 1. The number of aliphatic hydroxyl groups excluding tert-OH is 1. The van der Waals surface area contributed by atoms with Gasteiger partial charge in [-0.15, -0.1) is 0 Å². The maximum Gasteiger partial charge on any atom is 0.472 e. The summed E-state index contributed by atoms with van der Waals surface area (Å²) in [5.41, 5.74) is 0. The molecule has 3 N–H and O–H groups in total. The monoisotopic (exact) mass is 972 g/mol. The van der Waals surface area contributed by atoms with Gasteiger partial charge in [-0.05, 0) is 70.6 Å². The van der Waals surface area contributed by atoms with Gasteiger partial charge in [0.1, 0.15) is 13.2 Å². The fourth-order valence-corrected chi connectivity index (χ4v) is 8.53. The Bertz CT molecular complexity index is 1380. The molecule has 1 amide bonds. The minimum Gasteiger partial charge on any atom is -0.391 e. The fraction of sp³-hybridized carbons (Fsp3) is 0.746. The number of rotatable bonds is 50. The highest BCUT2D eigenvalue weighted by molar-refractivity contribution is 7.47. The van der Waals surface area contributed by atoms with Crippen molar-refractivity contribution in [2.45, 2.75) is 244 Å². The number of nitrogens with one attached hydrogen (secondary N) is 1. The standard InChI is InChI=1S/C59H107N2O6P/c1-6-8-10-12-14-16-18-20-22-24-26-28-29-30-31-33-35-37-39-41-43-45-47-49-51-53-59(63)60-57(56-67-68(64,65)66-55-54-61(3,4)5)58(62)52-50-48-46-44-42-40-38-36-34-32-27-25-23-21-19-17-15-13-11-9-7-2/h8,10,14,16,20,22,26,28,30-31,35,37,41,43,57-58,62H,6-7,9,11-13,15,17-19,21,23-25,27,29,32-34,36,38-40,42,44-56H2,1-5H3,(H-,60,63,64,65)/p+1/b10-8-,16-14-,22-20-,28-26-,31-30-,37-35-,43-41-. The lowest BCUT2D eigenvalue weighted by Gasteiger charge is -2.26. The summed E-state index contributed by atoms with van der Waals surface area (Å²) in [6.45, 7) is 4.76. The third-order valence-electron chi connectivity index (χ3n) is 12.2. The van der Waals surface area contributed by atoms with E-state index >= 15 is 0 Å². The van der Waals surface area contributed by atoms with Gasteiger partial charge < -0.3 is 19.8 Å². The van der Waals surface area contributed by atoms with E-state index in [9.17, 15) is 19.4 Å². The van der Waals surface area contributed by atoms with Crippen molar-refractivity contribution in [2.75, 3.05) is 40.9 Å². The first-order valence-electron chi connectivity index (χ1n) is 28.0. The Balaban J connectivity index is 4.31. The van der Waals surface area contributed by atoms with Crippen LogP contribution in [0.2, 0.25) is 0 Å². The molecule has 0 aliphatic carbocycles. The van der Waals surface area contributed by atoms with Gasteiger partial charge >= 0.3 is 7.82 Å². The first-order valence-corrected chi connectivity index (χ1v) is 29.4. The number of aliphatic hydroxyl groups is 1. The highest BCUT2D eigenvalue weighted by Gasteiger charge is 2.28. The highest BCUT2D eigenvalue weighted by atomic mass is 31.2. The van der Waals surface area contributed by atoms with Gasteiger partial charge in [-0.1, -0.05) is 240 Å². The second-order valence-electron chi connectivity index (χ2n) is 19.9. The predicted octanol–water partition coefficient (Wildman–Crippen LogP) is 16.9. The average molecular weight is 972 g/mol. The molecule has 0 aromatic carbocycles. The Kier molecular flexibility index (Phi) is 48.0. The van der Waals surface area contributed by atoms with Gasteiger partial charge in [0.2, 0.25) is 5.91 Å². The molecule has 0 heterocycles. The van der Waals surface area contributed by atoms with E-state index in [2.05, 4.69) is 104 Å². The van der Waals surface area contributed by atoms with E-state index in [0.29, 0.717) is 23.9 Å². The van der Waals surface area contributed by atoms with Crippen LogP contribution in [0.4, 0.5) is 0 Å². The van der Waals surface area contributed by atoms with Crippen LogP contribution in [0, 0.1) is 0 Å². The number of phosphoric acid groups is 1. The number of unbranched alkanes of at least 4 members (excludes halogenated alkanes) is 23. The van der Waals surface area contributed by atoms with Gasteiger partial charge in [0.25, 0.3) is 0 Å². The summed E-state index contributed by atoms with van der Waals surface area (Å²) in [5, 5.41) is 14.0. The van der Waals surface area contributed by atoms with Gasteiger partial charge in [-0.3, -0.25) is 13.8 Å². The molecule has 9 heteroatoms. The summed E-state index contributed by atoms with van der Waals surface area (Å²) in [4.78, 5) is 23.3. The number of carbonyl (C=O) groups excluding carboxylic acids is 1. The zero-order chi connectivity index (χ0) is 49.9. The quantitative estimate of drug-likeness (QED) is 0.0243. The van der Waals surface area contributed by atoms with Crippen molar-refractivity contribution in [2.24, 2.45) is 0 Å². The van der Waals surface area contributed by atoms with E-state index in [1.165, 1.54) is 116 Å². The summed E-state index contributed by atoms with van der Waals surface area (Å²) in [6.07, 6.45) is 69.2. The van der Waals surface area contributed by atoms with Crippen LogP contribution in [0.5, 0.6) is 0 Å². The summed E-state index contributed by atoms with van der Waals surface area (Å²) >= 11 is 0. The van der Waals surface area contributed by atoms with Crippen molar-refractivity contribution < 1.29 is 32.9 Å². The molecule has 0 saturated heterocycles. The lowest BCUT2D eigenvalue weighted by atomic mass is 10.0. The van der Waals surface area contributed by atoms with Gasteiger partial charge in [0.15, 0.2) is 0 Å². The number of hydrogen-bond acceptors (Lipinski definition) is 5. The molecule has 0 spiro atoms. The summed E-state index contributed by atoms with van der Waals surface area (Å²) in [5.74, 6) is -0.177. The van der Waals surface area contributed by atoms with Gasteiger partial charge in [0.05, 0.1) is 39.9 Å². The maximum atomic E-state index is 13.0. The van der Waals surface area contributed by atoms with Crippen molar-refractivity contribution in [1.82, 2.24) is 5.32 Å². The van der Waals surface area contributed by atoms with Crippen LogP contribution in [-0.4, -0.2) is 73.4 Å². The third kappa shape index (κ3) is 51.5. The van der Waals surface area contributed by atoms with Crippen LogP contribution in [0.15, 0.2) is 85.1 Å². The molecule has 0 aromatic rings. The van der Waals surface area contributed by atoms with Gasteiger partial charge in [0, 0.05) is 6.42 Å². The van der Waals surface area contributed by atoms with Crippen molar-refractivity contribution in [1.29, 1.82) is 0 Å².